The smallest absolute Gasteiger partial charge is 0.270 e. The van der Waals surface area contributed by atoms with E-state index in [0.29, 0.717) is 17.5 Å². The van der Waals surface area contributed by atoms with Crippen molar-refractivity contribution in [1.82, 2.24) is 25.2 Å². The fourth-order valence-electron chi connectivity index (χ4n) is 2.70. The van der Waals surface area contributed by atoms with Gasteiger partial charge in [-0.05, 0) is 44.5 Å². The lowest BCUT2D eigenvalue weighted by molar-refractivity contribution is 0.581. The van der Waals surface area contributed by atoms with Crippen molar-refractivity contribution in [3.63, 3.8) is 0 Å². The molecule has 2 aromatic carbocycles. The van der Waals surface area contributed by atoms with Gasteiger partial charge in [-0.3, -0.25) is 0 Å². The van der Waals surface area contributed by atoms with Crippen LogP contribution >= 0.6 is 0 Å². The SMILES string of the molecule is Cc1ccc(-n2nnc(-c3nnc(-c4ccccc4C)o3)c2C)cc1. The van der Waals surface area contributed by atoms with Crippen LogP contribution in [0.5, 0.6) is 0 Å². The van der Waals surface area contributed by atoms with E-state index in [4.69, 9.17) is 4.42 Å². The van der Waals surface area contributed by atoms with Crippen molar-refractivity contribution in [2.75, 3.05) is 0 Å². The van der Waals surface area contributed by atoms with E-state index in [2.05, 4.69) is 27.4 Å². The van der Waals surface area contributed by atoms with Crippen molar-refractivity contribution < 1.29 is 4.42 Å². The summed E-state index contributed by atoms with van der Waals surface area (Å²) in [5, 5.41) is 16.8. The highest BCUT2D eigenvalue weighted by Crippen LogP contribution is 2.27. The average molecular weight is 331 g/mol. The standard InChI is InChI=1S/C19H17N5O/c1-12-8-10-15(11-9-12)24-14(3)17(20-23-24)19-22-21-18(25-19)16-7-5-4-6-13(16)2/h4-11H,1-3H3. The van der Waals surface area contributed by atoms with E-state index < -0.39 is 0 Å². The molecular weight excluding hydrogens is 314 g/mol. The third kappa shape index (κ3) is 2.71. The first kappa shape index (κ1) is 15.3. The van der Waals surface area contributed by atoms with Gasteiger partial charge < -0.3 is 4.42 Å². The Morgan fingerprint density at radius 3 is 2.28 bits per heavy atom. The van der Waals surface area contributed by atoms with Crippen molar-refractivity contribution in [3.8, 4) is 28.7 Å². The quantitative estimate of drug-likeness (QED) is 0.569. The number of hydrogen-bond donors (Lipinski definition) is 0. The molecule has 0 atom stereocenters. The van der Waals surface area contributed by atoms with E-state index in [9.17, 15) is 0 Å². The molecule has 0 aliphatic carbocycles. The highest BCUT2D eigenvalue weighted by atomic mass is 16.4. The molecule has 0 aliphatic heterocycles. The maximum Gasteiger partial charge on any atom is 0.270 e. The summed E-state index contributed by atoms with van der Waals surface area (Å²) >= 11 is 0. The van der Waals surface area contributed by atoms with Crippen LogP contribution < -0.4 is 0 Å². The van der Waals surface area contributed by atoms with Gasteiger partial charge in [-0.15, -0.1) is 15.3 Å². The molecule has 0 fully saturated rings. The predicted molar refractivity (Wildman–Crippen MR) is 94.3 cm³/mol. The Morgan fingerprint density at radius 2 is 1.52 bits per heavy atom. The summed E-state index contributed by atoms with van der Waals surface area (Å²) in [4.78, 5) is 0. The Hall–Kier alpha value is -3.28. The number of aromatic nitrogens is 5. The molecule has 0 unspecified atom stereocenters. The molecule has 0 N–H and O–H groups in total. The summed E-state index contributed by atoms with van der Waals surface area (Å²) < 4.78 is 7.62. The normalized spacial score (nSPS) is 11.0. The Balaban J connectivity index is 1.72. The highest BCUT2D eigenvalue weighted by molar-refractivity contribution is 5.60. The summed E-state index contributed by atoms with van der Waals surface area (Å²) in [6.07, 6.45) is 0. The molecule has 124 valence electrons. The summed E-state index contributed by atoms with van der Waals surface area (Å²) in [6, 6.07) is 16.0. The van der Waals surface area contributed by atoms with E-state index in [1.54, 1.807) is 4.68 Å². The molecule has 25 heavy (non-hydrogen) atoms. The van der Waals surface area contributed by atoms with Crippen LogP contribution in [0.25, 0.3) is 28.7 Å². The van der Waals surface area contributed by atoms with Gasteiger partial charge in [0.15, 0.2) is 5.69 Å². The van der Waals surface area contributed by atoms with Crippen LogP contribution in [0.3, 0.4) is 0 Å². The van der Waals surface area contributed by atoms with E-state index in [1.165, 1.54) is 5.56 Å². The minimum atomic E-state index is 0.370. The van der Waals surface area contributed by atoms with E-state index >= 15 is 0 Å². The topological polar surface area (TPSA) is 69.6 Å². The second kappa shape index (κ2) is 5.98. The van der Waals surface area contributed by atoms with Gasteiger partial charge in [-0.2, -0.15) is 0 Å². The monoisotopic (exact) mass is 331 g/mol. The van der Waals surface area contributed by atoms with Gasteiger partial charge in [0.1, 0.15) is 0 Å². The van der Waals surface area contributed by atoms with Crippen LogP contribution in [-0.4, -0.2) is 25.2 Å². The van der Waals surface area contributed by atoms with Crippen LogP contribution in [0.4, 0.5) is 0 Å². The molecule has 0 saturated carbocycles. The Kier molecular flexibility index (Phi) is 3.65. The number of nitrogens with zero attached hydrogens (tertiary/aromatic N) is 5. The zero-order valence-electron chi connectivity index (χ0n) is 14.3. The second-order valence-electron chi connectivity index (χ2n) is 6.00. The summed E-state index contributed by atoms with van der Waals surface area (Å²) in [5.41, 5.74) is 5.58. The van der Waals surface area contributed by atoms with Gasteiger partial charge in [-0.25, -0.2) is 4.68 Å². The van der Waals surface area contributed by atoms with Crippen LogP contribution in [-0.2, 0) is 0 Å². The van der Waals surface area contributed by atoms with Gasteiger partial charge >= 0.3 is 0 Å². The molecule has 4 rings (SSSR count). The minimum Gasteiger partial charge on any atom is -0.414 e. The van der Waals surface area contributed by atoms with Crippen LogP contribution in [0.2, 0.25) is 0 Å². The molecule has 0 spiro atoms. The van der Waals surface area contributed by atoms with E-state index in [-0.39, 0.29) is 0 Å². The average Bonchev–Trinajstić information content (AvgIpc) is 3.23. The van der Waals surface area contributed by atoms with Gasteiger partial charge in [-0.1, -0.05) is 41.1 Å². The number of benzene rings is 2. The zero-order valence-corrected chi connectivity index (χ0v) is 14.3. The molecule has 0 saturated heterocycles. The van der Waals surface area contributed by atoms with Crippen molar-refractivity contribution in [2.24, 2.45) is 0 Å². The van der Waals surface area contributed by atoms with Gasteiger partial charge in [0.25, 0.3) is 5.89 Å². The number of rotatable bonds is 3. The molecule has 0 amide bonds. The molecule has 0 bridgehead atoms. The second-order valence-corrected chi connectivity index (χ2v) is 6.00. The maximum absolute atomic E-state index is 5.85. The summed E-state index contributed by atoms with van der Waals surface area (Å²) in [7, 11) is 0. The Bertz CT molecular complexity index is 1030. The fraction of sp³-hybridized carbons (Fsp3) is 0.158. The molecule has 0 radical (unpaired) electrons. The highest BCUT2D eigenvalue weighted by Gasteiger charge is 2.19. The van der Waals surface area contributed by atoms with Crippen LogP contribution in [0.1, 0.15) is 16.8 Å². The maximum atomic E-state index is 5.85. The first-order valence-corrected chi connectivity index (χ1v) is 8.02. The molecule has 0 aliphatic rings. The largest absolute Gasteiger partial charge is 0.414 e. The van der Waals surface area contributed by atoms with Gasteiger partial charge in [0.2, 0.25) is 5.89 Å². The minimum absolute atomic E-state index is 0.370. The lowest BCUT2D eigenvalue weighted by Gasteiger charge is -2.03. The lowest BCUT2D eigenvalue weighted by atomic mass is 10.1. The van der Waals surface area contributed by atoms with Crippen molar-refractivity contribution in [1.29, 1.82) is 0 Å². The Morgan fingerprint density at radius 1 is 0.800 bits per heavy atom. The fourth-order valence-corrected chi connectivity index (χ4v) is 2.70. The molecule has 6 nitrogen and oxygen atoms in total. The third-order valence-corrected chi connectivity index (χ3v) is 4.18. The Labute approximate surface area is 145 Å². The van der Waals surface area contributed by atoms with Gasteiger partial charge in [0, 0.05) is 5.56 Å². The molecular formula is C19H17N5O. The van der Waals surface area contributed by atoms with E-state index in [0.717, 1.165) is 22.5 Å². The van der Waals surface area contributed by atoms with Crippen molar-refractivity contribution in [3.05, 3.63) is 65.4 Å². The third-order valence-electron chi connectivity index (χ3n) is 4.18. The lowest BCUT2D eigenvalue weighted by Crippen LogP contribution is -1.98. The summed E-state index contributed by atoms with van der Waals surface area (Å²) in [5.74, 6) is 0.853. The van der Waals surface area contributed by atoms with Crippen molar-refractivity contribution >= 4 is 0 Å². The van der Waals surface area contributed by atoms with Crippen LogP contribution in [0, 0.1) is 20.8 Å². The summed E-state index contributed by atoms with van der Waals surface area (Å²) in [6.45, 7) is 6.00. The van der Waals surface area contributed by atoms with Gasteiger partial charge in [0.05, 0.1) is 11.4 Å². The molecule has 4 aromatic rings. The predicted octanol–water partition coefficient (Wildman–Crippen LogP) is 3.91. The van der Waals surface area contributed by atoms with E-state index in [1.807, 2.05) is 62.4 Å². The zero-order chi connectivity index (χ0) is 17.4. The molecule has 6 heteroatoms. The first-order valence-electron chi connectivity index (χ1n) is 8.02. The molecule has 2 aromatic heterocycles. The van der Waals surface area contributed by atoms with Crippen molar-refractivity contribution in [2.45, 2.75) is 20.8 Å². The molecule has 2 heterocycles. The first-order chi connectivity index (χ1) is 12.1. The number of hydrogen-bond acceptors (Lipinski definition) is 5. The van der Waals surface area contributed by atoms with Crippen LogP contribution in [0.15, 0.2) is 52.9 Å². The number of aryl methyl sites for hydroxylation is 2.